The number of hydrogen-bond acceptors (Lipinski definition) is 3. The number of benzene rings is 1. The molecule has 28 heavy (non-hydrogen) atoms. The molecule has 1 atom stereocenters. The number of rotatable bonds is 6. The Kier molecular flexibility index (Phi) is 3.59. The number of halogens is 3. The van der Waals surface area contributed by atoms with Gasteiger partial charge in [0.1, 0.15) is 11.5 Å². The zero-order valence-corrected chi connectivity index (χ0v) is 15.6. The van der Waals surface area contributed by atoms with Gasteiger partial charge in [-0.2, -0.15) is 0 Å². The topological polar surface area (TPSA) is 45.2 Å². The predicted molar refractivity (Wildman–Crippen MR) is 106 cm³/mol. The molecule has 1 fully saturated rings. The smallest absolute Gasteiger partial charge is 0.253 e. The minimum Gasteiger partial charge on any atom is -0.338 e. The summed E-state index contributed by atoms with van der Waals surface area (Å²) < 4.78 is 111. The van der Waals surface area contributed by atoms with Crippen LogP contribution < -0.4 is 5.32 Å². The van der Waals surface area contributed by atoms with Gasteiger partial charge >= 0.3 is 0 Å². The molecule has 0 saturated carbocycles. The van der Waals surface area contributed by atoms with Crippen molar-refractivity contribution in [2.24, 2.45) is 0 Å². The molecule has 4 nitrogen and oxygen atoms in total. The van der Waals surface area contributed by atoms with E-state index < -0.39 is 73.2 Å². The maximum atomic E-state index is 16.2. The van der Waals surface area contributed by atoms with Crippen LogP contribution in [0.25, 0.3) is 0 Å². The summed E-state index contributed by atoms with van der Waals surface area (Å²) in [5, 5.41) is 1.62. The molecule has 150 valence electrons. The van der Waals surface area contributed by atoms with Gasteiger partial charge in [0.15, 0.2) is 0 Å². The molecule has 3 rings (SSSR count). The zero-order valence-electron chi connectivity index (χ0n) is 24.8. The Morgan fingerprint density at radius 1 is 1.43 bits per heavy atom. The largest absolute Gasteiger partial charge is 0.338 e. The van der Waals surface area contributed by atoms with Crippen LogP contribution in [-0.4, -0.2) is 41.0 Å². The third-order valence-corrected chi connectivity index (χ3v) is 4.21. The monoisotopic (exact) mass is 417 g/mol. The van der Waals surface area contributed by atoms with Crippen LogP contribution in [0.1, 0.15) is 55.0 Å². The fraction of sp³-hybridized carbons (Fsp3) is 0.429. The van der Waals surface area contributed by atoms with Crippen molar-refractivity contribution in [3.8, 4) is 0 Å². The Balaban J connectivity index is 1.92. The van der Waals surface area contributed by atoms with E-state index in [4.69, 9.17) is 25.3 Å². The van der Waals surface area contributed by atoms with Gasteiger partial charge in [-0.3, -0.25) is 9.78 Å². The van der Waals surface area contributed by atoms with Crippen molar-refractivity contribution in [3.05, 3.63) is 64.2 Å². The molecule has 2 heterocycles. The van der Waals surface area contributed by atoms with Crippen molar-refractivity contribution < 1.29 is 27.3 Å². The number of hydrogen-bond donors (Lipinski definition) is 1. The van der Waals surface area contributed by atoms with Gasteiger partial charge in [-0.05, 0) is 36.2 Å². The lowest BCUT2D eigenvalue weighted by Crippen LogP contribution is -2.48. The zero-order chi connectivity index (χ0) is 29.1. The summed E-state index contributed by atoms with van der Waals surface area (Å²) in [6.07, 6.45) is -5.61. The van der Waals surface area contributed by atoms with Gasteiger partial charge in [0.05, 0.1) is 10.7 Å². The SMILES string of the molecule is [2H]C([2H])(C)c1ccc(C([2H])([2H])NCC2(F)CC([2H])([2H])N(C(=O)c3ccc(F)c(Cl)c3)C([2H])([2H])C2([2H])[2H])nc1. The Morgan fingerprint density at radius 2 is 2.25 bits per heavy atom. The first-order chi connectivity index (χ1) is 17.1. The van der Waals surface area contributed by atoms with E-state index in [0.29, 0.717) is 0 Å². The molecule has 1 amide bonds. The van der Waals surface area contributed by atoms with Crippen LogP contribution >= 0.6 is 11.6 Å². The lowest BCUT2D eigenvalue weighted by atomic mass is 9.92. The number of carbonyl (C=O) groups is 1. The van der Waals surface area contributed by atoms with E-state index in [-0.39, 0.29) is 16.2 Å². The second-order valence-electron chi connectivity index (χ2n) is 5.97. The number of likely N-dealkylation sites (tertiary alicyclic amines) is 1. The Bertz CT molecular complexity index is 1230. The maximum absolute atomic E-state index is 16.2. The molecule has 1 aliphatic rings. The number of carbonyl (C=O) groups excluding carboxylic acids is 1. The van der Waals surface area contributed by atoms with Gasteiger partial charge in [0.25, 0.3) is 5.91 Å². The highest BCUT2D eigenvalue weighted by Crippen LogP contribution is 2.27. The van der Waals surface area contributed by atoms with Crippen LogP contribution in [0.4, 0.5) is 8.78 Å². The number of amides is 1. The second kappa shape index (κ2) is 8.97. The molecule has 1 aromatic carbocycles. The van der Waals surface area contributed by atoms with Crippen molar-refractivity contribution in [1.82, 2.24) is 15.2 Å². The van der Waals surface area contributed by atoms with Crippen LogP contribution in [0.3, 0.4) is 0 Å². The molecule has 1 aromatic heterocycles. The van der Waals surface area contributed by atoms with Gasteiger partial charge < -0.3 is 10.2 Å². The first kappa shape index (κ1) is 11.2. The molecule has 0 spiro atoms. The molecule has 0 aliphatic carbocycles. The van der Waals surface area contributed by atoms with Crippen LogP contribution in [0, 0.1) is 5.82 Å². The third-order valence-electron chi connectivity index (χ3n) is 3.92. The van der Waals surface area contributed by atoms with Crippen LogP contribution in [0.15, 0.2) is 36.5 Å². The summed E-state index contributed by atoms with van der Waals surface area (Å²) >= 11 is 5.67. The molecule has 0 radical (unpaired) electrons. The third kappa shape index (κ3) is 5.06. The predicted octanol–water partition coefficient (Wildman–Crippen LogP) is 4.17. The highest BCUT2D eigenvalue weighted by molar-refractivity contribution is 6.31. The lowest BCUT2D eigenvalue weighted by molar-refractivity contribution is 0.0434. The van der Waals surface area contributed by atoms with Gasteiger partial charge in [-0.25, -0.2) is 8.78 Å². The van der Waals surface area contributed by atoms with Crippen molar-refractivity contribution in [2.75, 3.05) is 19.5 Å². The molecule has 1 unspecified atom stereocenters. The normalized spacial score (nSPS) is 31.4. The van der Waals surface area contributed by atoms with E-state index >= 15 is 4.39 Å². The number of alkyl halides is 1. The standard InChI is InChI=1S/C21H24ClF2N3O/c1-2-15-3-5-17(26-12-15)13-25-14-21(24)7-9-27(10-8-21)20(28)16-4-6-19(23)18(22)11-16/h3-6,11-12,25H,2,7-10,13-14H2,1H3/i2D2,7D2,9D2,10D2,13D2. The van der Waals surface area contributed by atoms with E-state index in [1.54, 1.807) is 0 Å². The van der Waals surface area contributed by atoms with Gasteiger partial charge in [0.2, 0.25) is 0 Å². The first-order valence-corrected chi connectivity index (χ1v) is 8.65. The number of pyridine rings is 1. The van der Waals surface area contributed by atoms with E-state index in [1.807, 2.05) is 0 Å². The van der Waals surface area contributed by atoms with Gasteiger partial charge in [-0.15, -0.1) is 0 Å². The molecule has 2 aromatic rings. The Hall–Kier alpha value is -2.05. The Labute approximate surface area is 183 Å². The number of piperidine rings is 1. The molecule has 7 heteroatoms. The molecular weight excluding hydrogens is 384 g/mol. The van der Waals surface area contributed by atoms with Gasteiger partial charge in [-0.1, -0.05) is 24.6 Å². The van der Waals surface area contributed by atoms with Crippen molar-refractivity contribution in [3.63, 3.8) is 0 Å². The van der Waals surface area contributed by atoms with Gasteiger partial charge in [0, 0.05) is 64.3 Å². The van der Waals surface area contributed by atoms with Crippen molar-refractivity contribution >= 4 is 17.5 Å². The number of aromatic nitrogens is 1. The number of nitrogens with zero attached hydrogens (tertiary/aromatic N) is 2. The fourth-order valence-corrected chi connectivity index (χ4v) is 2.50. The van der Waals surface area contributed by atoms with E-state index in [2.05, 4.69) is 10.3 Å². The second-order valence-corrected chi connectivity index (χ2v) is 6.37. The van der Waals surface area contributed by atoms with Crippen LogP contribution in [0.2, 0.25) is 5.02 Å². The fourth-order valence-electron chi connectivity index (χ4n) is 2.32. The quantitative estimate of drug-likeness (QED) is 0.767. The molecule has 1 saturated heterocycles. The summed E-state index contributed by atoms with van der Waals surface area (Å²) in [6, 6.07) is 4.93. The van der Waals surface area contributed by atoms with E-state index in [1.165, 1.54) is 13.0 Å². The highest BCUT2D eigenvalue weighted by Gasteiger charge is 2.35. The van der Waals surface area contributed by atoms with Crippen LogP contribution in [0.5, 0.6) is 0 Å². The van der Waals surface area contributed by atoms with Crippen molar-refractivity contribution in [2.45, 2.75) is 38.3 Å². The minimum atomic E-state index is -3.59. The molecule has 0 bridgehead atoms. The number of nitrogens with one attached hydrogen (secondary N) is 1. The minimum absolute atomic E-state index is 0.0883. The highest BCUT2D eigenvalue weighted by atomic mass is 35.5. The summed E-state index contributed by atoms with van der Waals surface area (Å²) in [5.41, 5.74) is -3.98. The van der Waals surface area contributed by atoms with Crippen molar-refractivity contribution in [1.29, 1.82) is 0 Å². The molecule has 1 aliphatic heterocycles. The van der Waals surface area contributed by atoms with E-state index in [9.17, 15) is 9.18 Å². The Morgan fingerprint density at radius 3 is 2.93 bits per heavy atom. The maximum Gasteiger partial charge on any atom is 0.253 e. The molecular formula is C21H24ClF2N3O. The van der Waals surface area contributed by atoms with E-state index in [0.717, 1.165) is 30.5 Å². The summed E-state index contributed by atoms with van der Waals surface area (Å²) in [4.78, 5) is 16.8. The summed E-state index contributed by atoms with van der Waals surface area (Å²) in [7, 11) is 0. The average molecular weight is 418 g/mol. The molecule has 1 N–H and O–H groups in total. The lowest BCUT2D eigenvalue weighted by Gasteiger charge is -2.36. The number of aryl methyl sites for hydroxylation is 1. The van der Waals surface area contributed by atoms with Crippen LogP contribution in [-0.2, 0) is 12.9 Å². The average Bonchev–Trinajstić information content (AvgIpc) is 2.77. The summed E-state index contributed by atoms with van der Waals surface area (Å²) in [5.74, 6) is -2.29. The first-order valence-electron chi connectivity index (χ1n) is 13.3. The summed E-state index contributed by atoms with van der Waals surface area (Å²) in [6.45, 7) is -9.25.